The van der Waals surface area contributed by atoms with Gasteiger partial charge in [0.2, 0.25) is 5.91 Å². The molecule has 0 saturated carbocycles. The molecule has 2 heterocycles. The lowest BCUT2D eigenvalue weighted by Crippen LogP contribution is -2.47. The zero-order valence-corrected chi connectivity index (χ0v) is 15.8. The van der Waals surface area contributed by atoms with Gasteiger partial charge in [0.15, 0.2) is 0 Å². The number of benzene rings is 1. The molecule has 2 N–H and O–H groups in total. The number of amides is 2. The minimum Gasteiger partial charge on any atom is -0.494 e. The lowest BCUT2D eigenvalue weighted by Gasteiger charge is -2.32. The molecule has 0 radical (unpaired) electrons. The summed E-state index contributed by atoms with van der Waals surface area (Å²) in [6.45, 7) is 3.74. The van der Waals surface area contributed by atoms with Gasteiger partial charge in [0.1, 0.15) is 11.4 Å². The molecule has 2 aromatic rings. The van der Waals surface area contributed by atoms with Gasteiger partial charge in [-0.1, -0.05) is 12.1 Å². The first kappa shape index (κ1) is 19.6. The van der Waals surface area contributed by atoms with E-state index < -0.39 is 0 Å². The van der Waals surface area contributed by atoms with Gasteiger partial charge in [-0.3, -0.25) is 14.4 Å². The normalized spacial score (nSPS) is 14.5. The van der Waals surface area contributed by atoms with Crippen LogP contribution in [0.2, 0.25) is 0 Å². The van der Waals surface area contributed by atoms with Crippen molar-refractivity contribution in [1.29, 1.82) is 0 Å². The van der Waals surface area contributed by atoms with Gasteiger partial charge >= 0.3 is 0 Å². The van der Waals surface area contributed by atoms with Crippen molar-refractivity contribution >= 4 is 11.8 Å². The van der Waals surface area contributed by atoms with Crippen molar-refractivity contribution in [2.75, 3.05) is 19.7 Å². The third-order valence-electron chi connectivity index (χ3n) is 4.68. The predicted molar refractivity (Wildman–Crippen MR) is 103 cm³/mol. The zero-order chi connectivity index (χ0) is 19.9. The summed E-state index contributed by atoms with van der Waals surface area (Å²) in [4.78, 5) is 37.5. The maximum Gasteiger partial charge on any atom is 0.271 e. The summed E-state index contributed by atoms with van der Waals surface area (Å²) in [5.74, 6) is 0.555. The van der Waals surface area contributed by atoms with Crippen LogP contribution in [0.15, 0.2) is 41.2 Å². The third-order valence-corrected chi connectivity index (χ3v) is 4.68. The highest BCUT2D eigenvalue weighted by atomic mass is 16.5. The van der Waals surface area contributed by atoms with E-state index in [0.29, 0.717) is 39.0 Å². The van der Waals surface area contributed by atoms with E-state index in [2.05, 4.69) is 15.5 Å². The molecule has 1 aliphatic rings. The van der Waals surface area contributed by atoms with Crippen LogP contribution in [0.4, 0.5) is 0 Å². The number of nitrogens with one attached hydrogen (secondary N) is 2. The quantitative estimate of drug-likeness (QED) is 0.777. The number of ether oxygens (including phenoxy) is 1. The second kappa shape index (κ2) is 9.16. The summed E-state index contributed by atoms with van der Waals surface area (Å²) in [6, 6.07) is 10.2. The summed E-state index contributed by atoms with van der Waals surface area (Å²) in [5, 5.41) is 8.88. The maximum atomic E-state index is 12.5. The topological polar surface area (TPSA) is 104 Å². The molecule has 1 saturated heterocycles. The Morgan fingerprint density at radius 1 is 1.18 bits per heavy atom. The Kier molecular flexibility index (Phi) is 6.41. The van der Waals surface area contributed by atoms with Crippen LogP contribution in [-0.2, 0) is 11.2 Å². The molecule has 8 heteroatoms. The second-order valence-corrected chi connectivity index (χ2v) is 6.69. The van der Waals surface area contributed by atoms with Crippen LogP contribution in [0.3, 0.4) is 0 Å². The number of carbonyl (C=O) groups excluding carboxylic acids is 2. The number of aromatic amines is 1. The molecule has 0 bridgehead atoms. The van der Waals surface area contributed by atoms with Crippen LogP contribution in [0, 0.1) is 0 Å². The van der Waals surface area contributed by atoms with E-state index >= 15 is 0 Å². The number of hydrogen-bond donors (Lipinski definition) is 2. The standard InChI is InChI=1S/C20H24N4O4/c1-2-28-16-5-3-14(4-6-16)13-19(26)24-11-9-15(10-12-24)21-20(27)17-7-8-18(25)23-22-17/h3-8,15H,2,9-13H2,1H3,(H,21,27)(H,23,25). The van der Waals surface area contributed by atoms with Crippen molar-refractivity contribution in [3.8, 4) is 5.75 Å². The molecule has 3 rings (SSSR count). The van der Waals surface area contributed by atoms with Gasteiger partial charge < -0.3 is 15.0 Å². The molecule has 2 amide bonds. The highest BCUT2D eigenvalue weighted by molar-refractivity contribution is 5.92. The highest BCUT2D eigenvalue weighted by Gasteiger charge is 2.24. The lowest BCUT2D eigenvalue weighted by molar-refractivity contribution is -0.131. The molecule has 148 valence electrons. The van der Waals surface area contributed by atoms with Crippen molar-refractivity contribution in [2.24, 2.45) is 0 Å². The SMILES string of the molecule is CCOc1ccc(CC(=O)N2CCC(NC(=O)c3ccc(=O)[nH]n3)CC2)cc1. The molecule has 1 aromatic heterocycles. The predicted octanol–water partition coefficient (Wildman–Crippen LogP) is 1.13. The van der Waals surface area contributed by atoms with Crippen molar-refractivity contribution in [3.63, 3.8) is 0 Å². The fraction of sp³-hybridized carbons (Fsp3) is 0.400. The van der Waals surface area contributed by atoms with E-state index in [1.165, 1.54) is 12.1 Å². The molecule has 0 aliphatic carbocycles. The number of likely N-dealkylation sites (tertiary alicyclic amines) is 1. The van der Waals surface area contributed by atoms with Crippen LogP contribution in [0.25, 0.3) is 0 Å². The summed E-state index contributed by atoms with van der Waals surface area (Å²) >= 11 is 0. The maximum absolute atomic E-state index is 12.5. The highest BCUT2D eigenvalue weighted by Crippen LogP contribution is 2.16. The molecule has 8 nitrogen and oxygen atoms in total. The lowest BCUT2D eigenvalue weighted by atomic mass is 10.0. The monoisotopic (exact) mass is 384 g/mol. The summed E-state index contributed by atoms with van der Waals surface area (Å²) in [6.07, 6.45) is 1.72. The molecular weight excluding hydrogens is 360 g/mol. The van der Waals surface area contributed by atoms with Crippen LogP contribution in [0.1, 0.15) is 35.8 Å². The van der Waals surface area contributed by atoms with Crippen molar-refractivity contribution in [2.45, 2.75) is 32.2 Å². The van der Waals surface area contributed by atoms with Gasteiger partial charge in [0.25, 0.3) is 11.5 Å². The van der Waals surface area contributed by atoms with E-state index in [-0.39, 0.29) is 29.1 Å². The minimum absolute atomic E-state index is 0.0178. The average molecular weight is 384 g/mol. The molecule has 1 fully saturated rings. The Balaban J connectivity index is 1.46. The van der Waals surface area contributed by atoms with E-state index in [1.807, 2.05) is 36.1 Å². The number of aromatic nitrogens is 2. The van der Waals surface area contributed by atoms with Crippen LogP contribution < -0.4 is 15.6 Å². The van der Waals surface area contributed by atoms with Crippen molar-refractivity contribution in [1.82, 2.24) is 20.4 Å². The fourth-order valence-corrected chi connectivity index (χ4v) is 3.16. The van der Waals surface area contributed by atoms with Crippen LogP contribution >= 0.6 is 0 Å². The number of carbonyl (C=O) groups is 2. The fourth-order valence-electron chi connectivity index (χ4n) is 3.16. The van der Waals surface area contributed by atoms with Gasteiger partial charge in [-0.15, -0.1) is 0 Å². The zero-order valence-electron chi connectivity index (χ0n) is 15.8. The summed E-state index contributed by atoms with van der Waals surface area (Å²) in [7, 11) is 0. The molecule has 0 spiro atoms. The molecule has 0 unspecified atom stereocenters. The van der Waals surface area contributed by atoms with Crippen molar-refractivity contribution in [3.05, 3.63) is 58.0 Å². The number of piperidine rings is 1. The van der Waals surface area contributed by atoms with Crippen molar-refractivity contribution < 1.29 is 14.3 Å². The molecule has 1 aromatic carbocycles. The Labute approximate surface area is 162 Å². The molecular formula is C20H24N4O4. The van der Waals surface area contributed by atoms with Gasteiger partial charge in [0.05, 0.1) is 13.0 Å². The van der Waals surface area contributed by atoms with Gasteiger partial charge in [-0.2, -0.15) is 5.10 Å². The Hall–Kier alpha value is -3.16. The van der Waals surface area contributed by atoms with E-state index in [1.54, 1.807) is 0 Å². The second-order valence-electron chi connectivity index (χ2n) is 6.69. The Morgan fingerprint density at radius 3 is 2.50 bits per heavy atom. The number of rotatable bonds is 6. The number of hydrogen-bond acceptors (Lipinski definition) is 5. The van der Waals surface area contributed by atoms with Gasteiger partial charge in [-0.05, 0) is 43.5 Å². The molecule has 1 aliphatic heterocycles. The van der Waals surface area contributed by atoms with E-state index in [4.69, 9.17) is 4.74 Å². The smallest absolute Gasteiger partial charge is 0.271 e. The van der Waals surface area contributed by atoms with Gasteiger partial charge in [0, 0.05) is 25.2 Å². The first-order chi connectivity index (χ1) is 13.5. The number of H-pyrrole nitrogens is 1. The van der Waals surface area contributed by atoms with E-state index in [9.17, 15) is 14.4 Å². The van der Waals surface area contributed by atoms with Gasteiger partial charge in [-0.25, -0.2) is 5.10 Å². The van der Waals surface area contributed by atoms with Crippen LogP contribution in [0.5, 0.6) is 5.75 Å². The first-order valence-corrected chi connectivity index (χ1v) is 9.41. The average Bonchev–Trinajstić information content (AvgIpc) is 2.70. The van der Waals surface area contributed by atoms with E-state index in [0.717, 1.165) is 11.3 Å². The molecule has 28 heavy (non-hydrogen) atoms. The third kappa shape index (κ3) is 5.18. The largest absolute Gasteiger partial charge is 0.494 e. The Bertz CT molecular complexity index is 850. The first-order valence-electron chi connectivity index (χ1n) is 9.41. The Morgan fingerprint density at radius 2 is 1.89 bits per heavy atom. The molecule has 0 atom stereocenters. The summed E-state index contributed by atoms with van der Waals surface area (Å²) < 4.78 is 5.41. The minimum atomic E-state index is -0.351. The number of nitrogens with zero attached hydrogens (tertiary/aromatic N) is 2. The summed E-state index contributed by atoms with van der Waals surface area (Å²) in [5.41, 5.74) is 0.775. The van der Waals surface area contributed by atoms with Crippen LogP contribution in [-0.4, -0.2) is 52.6 Å².